The van der Waals surface area contributed by atoms with Gasteiger partial charge in [-0.25, -0.2) is 0 Å². The van der Waals surface area contributed by atoms with E-state index in [0.29, 0.717) is 5.92 Å². The van der Waals surface area contributed by atoms with Crippen molar-refractivity contribution in [3.8, 4) is 0 Å². The minimum atomic E-state index is -0.274. The molecule has 1 saturated heterocycles. The standard InChI is InChI=1S/C15H20N2O/c18-14-15(17-11-10-16-14)8-6-13(7-9-15)12-4-2-1-3-5-12/h1-5,13,17H,6-11H2,(H,16,18). The summed E-state index contributed by atoms with van der Waals surface area (Å²) < 4.78 is 0. The number of carbonyl (C=O) groups is 1. The van der Waals surface area contributed by atoms with Crippen molar-refractivity contribution in [1.29, 1.82) is 0 Å². The van der Waals surface area contributed by atoms with Gasteiger partial charge in [-0.15, -0.1) is 0 Å². The van der Waals surface area contributed by atoms with E-state index in [9.17, 15) is 4.79 Å². The van der Waals surface area contributed by atoms with Gasteiger partial charge in [0.1, 0.15) is 0 Å². The molecule has 0 unspecified atom stereocenters. The highest BCUT2D eigenvalue weighted by molar-refractivity contribution is 5.87. The molecular weight excluding hydrogens is 224 g/mol. The number of hydrogen-bond acceptors (Lipinski definition) is 2. The lowest BCUT2D eigenvalue weighted by Gasteiger charge is -2.42. The van der Waals surface area contributed by atoms with Crippen LogP contribution in [0.3, 0.4) is 0 Å². The highest BCUT2D eigenvalue weighted by Gasteiger charge is 2.42. The molecule has 1 spiro atoms. The van der Waals surface area contributed by atoms with Crippen molar-refractivity contribution in [3.05, 3.63) is 35.9 Å². The zero-order chi connectivity index (χ0) is 12.4. The lowest BCUT2D eigenvalue weighted by Crippen LogP contribution is -2.64. The van der Waals surface area contributed by atoms with Crippen LogP contribution < -0.4 is 10.6 Å². The predicted octanol–water partition coefficient (Wildman–Crippen LogP) is 1.80. The van der Waals surface area contributed by atoms with Gasteiger partial charge in [0.15, 0.2) is 0 Å². The Bertz CT molecular complexity index is 421. The van der Waals surface area contributed by atoms with Gasteiger partial charge in [-0.3, -0.25) is 4.79 Å². The Labute approximate surface area is 108 Å². The molecule has 96 valence electrons. The molecule has 1 amide bonds. The minimum Gasteiger partial charge on any atom is -0.353 e. The van der Waals surface area contributed by atoms with Gasteiger partial charge >= 0.3 is 0 Å². The Hall–Kier alpha value is -1.35. The molecule has 3 nitrogen and oxygen atoms in total. The number of rotatable bonds is 1. The van der Waals surface area contributed by atoms with Crippen LogP contribution in [0.4, 0.5) is 0 Å². The average Bonchev–Trinajstić information content (AvgIpc) is 2.44. The molecule has 1 heterocycles. The quantitative estimate of drug-likeness (QED) is 0.791. The van der Waals surface area contributed by atoms with E-state index in [4.69, 9.17) is 0 Å². The summed E-state index contributed by atoms with van der Waals surface area (Å²) in [5.74, 6) is 0.827. The lowest BCUT2D eigenvalue weighted by atomic mass is 9.73. The van der Waals surface area contributed by atoms with E-state index < -0.39 is 0 Å². The first-order valence-corrected chi connectivity index (χ1v) is 6.88. The normalized spacial score (nSPS) is 32.2. The van der Waals surface area contributed by atoms with Crippen LogP contribution in [-0.2, 0) is 4.79 Å². The smallest absolute Gasteiger partial charge is 0.240 e. The third-order valence-corrected chi connectivity index (χ3v) is 4.42. The molecule has 0 atom stereocenters. The summed E-state index contributed by atoms with van der Waals surface area (Å²) in [6.45, 7) is 1.67. The van der Waals surface area contributed by atoms with Gasteiger partial charge in [-0.2, -0.15) is 0 Å². The SMILES string of the molecule is O=C1NCCNC12CCC(c1ccccc1)CC2. The van der Waals surface area contributed by atoms with Crippen LogP contribution >= 0.6 is 0 Å². The minimum absolute atomic E-state index is 0.209. The first kappa shape index (κ1) is 11.7. The second-order valence-corrected chi connectivity index (χ2v) is 5.45. The number of amides is 1. The molecule has 0 radical (unpaired) electrons. The van der Waals surface area contributed by atoms with Gasteiger partial charge < -0.3 is 10.6 Å². The first-order valence-electron chi connectivity index (χ1n) is 6.88. The number of nitrogens with one attached hydrogen (secondary N) is 2. The third-order valence-electron chi connectivity index (χ3n) is 4.42. The molecule has 2 fully saturated rings. The van der Waals surface area contributed by atoms with E-state index in [1.54, 1.807) is 0 Å². The fraction of sp³-hybridized carbons (Fsp3) is 0.533. The van der Waals surface area contributed by atoms with Crippen LogP contribution in [0.25, 0.3) is 0 Å². The van der Waals surface area contributed by atoms with Crippen molar-refractivity contribution in [2.75, 3.05) is 13.1 Å². The van der Waals surface area contributed by atoms with Gasteiger partial charge in [0, 0.05) is 13.1 Å². The van der Waals surface area contributed by atoms with Crippen molar-refractivity contribution < 1.29 is 4.79 Å². The fourth-order valence-corrected chi connectivity index (χ4v) is 3.30. The number of carbonyl (C=O) groups excluding carboxylic acids is 1. The maximum absolute atomic E-state index is 12.0. The molecule has 3 heteroatoms. The van der Waals surface area contributed by atoms with Gasteiger partial charge in [0.25, 0.3) is 0 Å². The van der Waals surface area contributed by atoms with Crippen LogP contribution in [0.2, 0.25) is 0 Å². The first-order chi connectivity index (χ1) is 8.80. The lowest BCUT2D eigenvalue weighted by molar-refractivity contribution is -0.130. The van der Waals surface area contributed by atoms with Gasteiger partial charge in [0.05, 0.1) is 5.54 Å². The predicted molar refractivity (Wildman–Crippen MR) is 71.4 cm³/mol. The summed E-state index contributed by atoms with van der Waals surface area (Å²) in [7, 11) is 0. The van der Waals surface area contributed by atoms with Crippen LogP contribution in [0.5, 0.6) is 0 Å². The number of piperazine rings is 1. The Balaban J connectivity index is 1.69. The largest absolute Gasteiger partial charge is 0.353 e. The van der Waals surface area contributed by atoms with E-state index in [-0.39, 0.29) is 11.4 Å². The van der Waals surface area contributed by atoms with E-state index in [1.165, 1.54) is 5.56 Å². The maximum Gasteiger partial charge on any atom is 0.240 e. The molecular formula is C15H20N2O. The van der Waals surface area contributed by atoms with Gasteiger partial charge in [0.2, 0.25) is 5.91 Å². The number of hydrogen-bond donors (Lipinski definition) is 2. The van der Waals surface area contributed by atoms with Crippen molar-refractivity contribution in [1.82, 2.24) is 10.6 Å². The average molecular weight is 244 g/mol. The molecule has 18 heavy (non-hydrogen) atoms. The van der Waals surface area contributed by atoms with Gasteiger partial charge in [-0.05, 0) is 37.2 Å². The molecule has 2 N–H and O–H groups in total. The molecule has 1 aromatic rings. The van der Waals surface area contributed by atoms with Crippen LogP contribution in [0, 0.1) is 0 Å². The highest BCUT2D eigenvalue weighted by atomic mass is 16.2. The Morgan fingerprint density at radius 1 is 1.06 bits per heavy atom. The molecule has 1 aliphatic carbocycles. The maximum atomic E-state index is 12.0. The van der Waals surface area contributed by atoms with Crippen molar-refractivity contribution in [3.63, 3.8) is 0 Å². The van der Waals surface area contributed by atoms with Crippen molar-refractivity contribution >= 4 is 5.91 Å². The second-order valence-electron chi connectivity index (χ2n) is 5.45. The van der Waals surface area contributed by atoms with Crippen LogP contribution in [0.15, 0.2) is 30.3 Å². The molecule has 2 aliphatic rings. The zero-order valence-electron chi connectivity index (χ0n) is 10.6. The molecule has 0 bridgehead atoms. The molecule has 1 aliphatic heterocycles. The Morgan fingerprint density at radius 2 is 1.78 bits per heavy atom. The molecule has 1 aromatic carbocycles. The second kappa shape index (κ2) is 4.73. The van der Waals surface area contributed by atoms with E-state index >= 15 is 0 Å². The summed E-state index contributed by atoms with van der Waals surface area (Å²) >= 11 is 0. The summed E-state index contributed by atoms with van der Waals surface area (Å²) in [5, 5.41) is 6.44. The topological polar surface area (TPSA) is 41.1 Å². The Kier molecular flexibility index (Phi) is 3.08. The Morgan fingerprint density at radius 3 is 2.44 bits per heavy atom. The number of benzene rings is 1. The van der Waals surface area contributed by atoms with Crippen molar-refractivity contribution in [2.45, 2.75) is 37.1 Å². The van der Waals surface area contributed by atoms with Crippen LogP contribution in [-0.4, -0.2) is 24.5 Å². The van der Waals surface area contributed by atoms with E-state index in [1.807, 2.05) is 0 Å². The summed E-state index contributed by atoms with van der Waals surface area (Å²) in [6, 6.07) is 10.7. The fourth-order valence-electron chi connectivity index (χ4n) is 3.30. The third kappa shape index (κ3) is 2.03. The summed E-state index contributed by atoms with van der Waals surface area (Å²) in [6.07, 6.45) is 4.12. The molecule has 1 saturated carbocycles. The monoisotopic (exact) mass is 244 g/mol. The summed E-state index contributed by atoms with van der Waals surface area (Å²) in [4.78, 5) is 12.0. The van der Waals surface area contributed by atoms with Crippen molar-refractivity contribution in [2.24, 2.45) is 0 Å². The van der Waals surface area contributed by atoms with E-state index in [0.717, 1.165) is 38.8 Å². The van der Waals surface area contributed by atoms with Gasteiger partial charge in [-0.1, -0.05) is 30.3 Å². The molecule has 3 rings (SSSR count). The van der Waals surface area contributed by atoms with Crippen LogP contribution in [0.1, 0.15) is 37.2 Å². The van der Waals surface area contributed by atoms with E-state index in [2.05, 4.69) is 41.0 Å². The zero-order valence-corrected chi connectivity index (χ0v) is 10.6. The highest BCUT2D eigenvalue weighted by Crippen LogP contribution is 2.38. The summed E-state index contributed by atoms with van der Waals surface area (Å²) in [5.41, 5.74) is 1.15. The molecule has 0 aromatic heterocycles.